The fourth-order valence-corrected chi connectivity index (χ4v) is 6.00. The number of aliphatic hydroxyl groups is 7. The van der Waals surface area contributed by atoms with E-state index in [0.717, 1.165) is 70.6 Å². The maximum atomic E-state index is 13.0. The van der Waals surface area contributed by atoms with Gasteiger partial charge in [-0.3, -0.25) is 4.79 Å². The Balaban J connectivity index is 2.53. The molecule has 1 fully saturated rings. The molecule has 11 heteroatoms. The Morgan fingerprint density at radius 2 is 1.22 bits per heavy atom. The lowest BCUT2D eigenvalue weighted by molar-refractivity contribution is -0.303. The fourth-order valence-electron chi connectivity index (χ4n) is 6.00. The first-order valence-electron chi connectivity index (χ1n) is 19.9. The van der Waals surface area contributed by atoms with Crippen molar-refractivity contribution in [2.24, 2.45) is 0 Å². The molecular weight excluding hydrogens is 654 g/mol. The zero-order chi connectivity index (χ0) is 37.7. The molecule has 0 aromatic carbocycles. The van der Waals surface area contributed by atoms with Gasteiger partial charge in [0.15, 0.2) is 6.29 Å². The Labute approximate surface area is 307 Å². The molecule has 1 aliphatic heterocycles. The summed E-state index contributed by atoms with van der Waals surface area (Å²) in [4.78, 5) is 13.0. The van der Waals surface area contributed by atoms with Crippen molar-refractivity contribution in [1.82, 2.24) is 5.32 Å². The first-order valence-corrected chi connectivity index (χ1v) is 19.9. The van der Waals surface area contributed by atoms with Crippen molar-refractivity contribution in [3.05, 3.63) is 36.5 Å². The highest BCUT2D eigenvalue weighted by Gasteiger charge is 2.44. The zero-order valence-electron chi connectivity index (χ0n) is 31.6. The number of ether oxygens (including phenoxy) is 2. The molecule has 0 bridgehead atoms. The highest BCUT2D eigenvalue weighted by molar-refractivity contribution is 5.80. The third-order valence-electron chi connectivity index (χ3n) is 9.42. The van der Waals surface area contributed by atoms with Gasteiger partial charge in [0.25, 0.3) is 0 Å². The quantitative estimate of drug-likeness (QED) is 0.0361. The second-order valence-electron chi connectivity index (χ2n) is 14.0. The predicted octanol–water partition coefficient (Wildman–Crippen LogP) is 4.88. The molecule has 9 atom stereocenters. The van der Waals surface area contributed by atoms with Crippen molar-refractivity contribution in [2.45, 2.75) is 197 Å². The van der Waals surface area contributed by atoms with E-state index in [0.29, 0.717) is 12.8 Å². The Kier molecular flexibility index (Phi) is 28.6. The Morgan fingerprint density at radius 1 is 0.686 bits per heavy atom. The summed E-state index contributed by atoms with van der Waals surface area (Å²) in [6, 6.07) is -1.19. The van der Waals surface area contributed by atoms with Crippen molar-refractivity contribution in [3.8, 4) is 0 Å². The standard InChI is InChI=1S/C40H73NO10/c1-3-5-7-9-11-13-14-15-16-17-18-19-20-22-24-26-28-33(44)39(49)41-31(30-50-40-38(48)37(47)36(46)34(29-42)51-40)35(45)32(43)27-25-23-21-12-10-8-6-4-2/h11-13,15-16,21,31-38,40,42-48H,3-10,14,17-20,22-30H2,1-2H3,(H,41,49)/b13-11-,16-15-,21-12+. The average molecular weight is 728 g/mol. The first kappa shape index (κ1) is 47.4. The highest BCUT2D eigenvalue weighted by Crippen LogP contribution is 2.23. The van der Waals surface area contributed by atoms with Gasteiger partial charge in [0.1, 0.15) is 36.6 Å². The minimum Gasteiger partial charge on any atom is -0.394 e. The minimum absolute atomic E-state index is 0.240. The van der Waals surface area contributed by atoms with Gasteiger partial charge < -0.3 is 50.5 Å². The maximum absolute atomic E-state index is 13.0. The van der Waals surface area contributed by atoms with Crippen LogP contribution in [-0.2, 0) is 14.3 Å². The summed E-state index contributed by atoms with van der Waals surface area (Å²) in [5, 5.41) is 75.0. The maximum Gasteiger partial charge on any atom is 0.249 e. The van der Waals surface area contributed by atoms with Crippen molar-refractivity contribution < 1.29 is 50.0 Å². The van der Waals surface area contributed by atoms with Crippen LogP contribution >= 0.6 is 0 Å². The van der Waals surface area contributed by atoms with E-state index in [-0.39, 0.29) is 12.8 Å². The van der Waals surface area contributed by atoms with Crippen LogP contribution in [0.25, 0.3) is 0 Å². The van der Waals surface area contributed by atoms with Gasteiger partial charge in [-0.05, 0) is 70.6 Å². The molecular formula is C40H73NO10. The number of allylic oxidation sites excluding steroid dienone is 6. The molecule has 8 N–H and O–H groups in total. The van der Waals surface area contributed by atoms with Gasteiger partial charge in [0, 0.05) is 0 Å². The molecule has 0 aliphatic carbocycles. The van der Waals surface area contributed by atoms with Gasteiger partial charge >= 0.3 is 0 Å². The van der Waals surface area contributed by atoms with Crippen LogP contribution in [0.5, 0.6) is 0 Å². The number of carbonyl (C=O) groups excluding carboxylic acids is 1. The third-order valence-corrected chi connectivity index (χ3v) is 9.42. The molecule has 1 rings (SSSR count). The van der Waals surface area contributed by atoms with E-state index in [1.165, 1.54) is 32.1 Å². The Bertz CT molecular complexity index is 929. The Morgan fingerprint density at radius 3 is 1.80 bits per heavy atom. The molecule has 298 valence electrons. The van der Waals surface area contributed by atoms with E-state index in [9.17, 15) is 40.5 Å². The molecule has 1 amide bonds. The van der Waals surface area contributed by atoms with E-state index in [1.807, 2.05) is 0 Å². The van der Waals surface area contributed by atoms with Crippen LogP contribution in [0.2, 0.25) is 0 Å². The van der Waals surface area contributed by atoms with Crippen LogP contribution in [0.1, 0.15) is 142 Å². The normalized spacial score (nSPS) is 23.7. The molecule has 51 heavy (non-hydrogen) atoms. The monoisotopic (exact) mass is 728 g/mol. The first-order chi connectivity index (χ1) is 24.7. The summed E-state index contributed by atoms with van der Waals surface area (Å²) in [6.45, 7) is 3.29. The predicted molar refractivity (Wildman–Crippen MR) is 201 cm³/mol. The van der Waals surface area contributed by atoms with Gasteiger partial charge in [-0.25, -0.2) is 0 Å². The van der Waals surface area contributed by atoms with Crippen LogP contribution in [-0.4, -0.2) is 110 Å². The molecule has 0 aromatic rings. The van der Waals surface area contributed by atoms with E-state index in [4.69, 9.17) is 9.47 Å². The summed E-state index contributed by atoms with van der Waals surface area (Å²) in [5.74, 6) is -0.721. The fraction of sp³-hybridized carbons (Fsp3) is 0.825. The van der Waals surface area contributed by atoms with Crippen molar-refractivity contribution in [1.29, 1.82) is 0 Å². The average Bonchev–Trinajstić information content (AvgIpc) is 3.13. The third kappa shape index (κ3) is 21.6. The van der Waals surface area contributed by atoms with Crippen LogP contribution in [0.15, 0.2) is 36.5 Å². The number of amides is 1. The highest BCUT2D eigenvalue weighted by atomic mass is 16.7. The summed E-state index contributed by atoms with van der Waals surface area (Å²) >= 11 is 0. The van der Waals surface area contributed by atoms with E-state index in [2.05, 4.69) is 55.6 Å². The molecule has 9 unspecified atom stereocenters. The lowest BCUT2D eigenvalue weighted by Crippen LogP contribution is -2.60. The zero-order valence-corrected chi connectivity index (χ0v) is 31.6. The molecule has 1 aliphatic rings. The smallest absolute Gasteiger partial charge is 0.249 e. The lowest BCUT2D eigenvalue weighted by Gasteiger charge is -2.40. The molecule has 1 saturated heterocycles. The number of aliphatic hydroxyl groups excluding tert-OH is 7. The van der Waals surface area contributed by atoms with Gasteiger partial charge in [-0.1, -0.05) is 108 Å². The van der Waals surface area contributed by atoms with Crippen molar-refractivity contribution in [3.63, 3.8) is 0 Å². The van der Waals surface area contributed by atoms with Gasteiger partial charge in [0.2, 0.25) is 5.91 Å². The van der Waals surface area contributed by atoms with E-state index in [1.54, 1.807) is 0 Å². The second-order valence-corrected chi connectivity index (χ2v) is 14.0. The summed E-state index contributed by atoms with van der Waals surface area (Å²) in [7, 11) is 0. The number of hydrogen-bond acceptors (Lipinski definition) is 10. The number of hydrogen-bond donors (Lipinski definition) is 8. The van der Waals surface area contributed by atoms with Gasteiger partial charge in [-0.2, -0.15) is 0 Å². The van der Waals surface area contributed by atoms with Crippen LogP contribution in [0.4, 0.5) is 0 Å². The van der Waals surface area contributed by atoms with Gasteiger partial charge in [-0.15, -0.1) is 0 Å². The minimum atomic E-state index is -1.67. The topological polar surface area (TPSA) is 189 Å². The van der Waals surface area contributed by atoms with Crippen LogP contribution in [0, 0.1) is 0 Å². The number of unbranched alkanes of at least 4 members (excludes halogenated alkanes) is 13. The SMILES string of the molecule is CCCCC/C=C\C/C=C\CCCCCCCCC(O)C(=O)NC(COC1OC(CO)C(O)C(O)C1O)C(O)C(O)CCC/C=C/CCCCC. The van der Waals surface area contributed by atoms with Crippen LogP contribution in [0.3, 0.4) is 0 Å². The summed E-state index contributed by atoms with van der Waals surface area (Å²) in [5.41, 5.74) is 0. The van der Waals surface area contributed by atoms with E-state index < -0.39 is 74.2 Å². The Hall–Kier alpha value is -1.67. The molecule has 11 nitrogen and oxygen atoms in total. The van der Waals surface area contributed by atoms with E-state index >= 15 is 0 Å². The lowest BCUT2D eigenvalue weighted by atomic mass is 9.98. The summed E-state index contributed by atoms with van der Waals surface area (Å²) < 4.78 is 11.0. The van der Waals surface area contributed by atoms with Crippen molar-refractivity contribution in [2.75, 3.05) is 13.2 Å². The summed E-state index contributed by atoms with van der Waals surface area (Å²) in [6.07, 6.45) is 20.8. The van der Waals surface area contributed by atoms with Gasteiger partial charge in [0.05, 0.1) is 25.4 Å². The molecule has 1 heterocycles. The number of rotatable bonds is 31. The van der Waals surface area contributed by atoms with Crippen molar-refractivity contribution >= 4 is 5.91 Å². The van der Waals surface area contributed by atoms with Crippen LogP contribution < -0.4 is 5.32 Å². The molecule has 0 saturated carbocycles. The molecule has 0 radical (unpaired) electrons. The molecule has 0 aromatic heterocycles. The molecule has 0 spiro atoms. The number of carbonyl (C=O) groups is 1. The largest absolute Gasteiger partial charge is 0.394 e. The second kappa shape index (κ2) is 30.8. The number of nitrogens with one attached hydrogen (secondary N) is 1.